The normalized spacial score (nSPS) is 13.5. The highest BCUT2D eigenvalue weighted by Gasteiger charge is 2.28. The monoisotopic (exact) mass is 515 g/mol. The van der Waals surface area contributed by atoms with Crippen molar-refractivity contribution in [3.8, 4) is 5.75 Å². The zero-order valence-electron chi connectivity index (χ0n) is 19.9. The van der Waals surface area contributed by atoms with Crippen LogP contribution in [0.5, 0.6) is 5.75 Å². The lowest BCUT2D eigenvalue weighted by Gasteiger charge is -2.22. The molecule has 3 aromatic rings. The molecule has 2 unspecified atom stereocenters. The summed E-state index contributed by atoms with van der Waals surface area (Å²) in [6.07, 6.45) is 2.35. The molecule has 2 atom stereocenters. The van der Waals surface area contributed by atoms with Crippen LogP contribution in [0.25, 0.3) is 10.1 Å². The van der Waals surface area contributed by atoms with Gasteiger partial charge in [-0.3, -0.25) is 9.36 Å². The maximum absolute atomic E-state index is 13.9. The van der Waals surface area contributed by atoms with Gasteiger partial charge in [0.2, 0.25) is 0 Å². The van der Waals surface area contributed by atoms with Crippen molar-refractivity contribution in [2.24, 2.45) is 5.92 Å². The van der Waals surface area contributed by atoms with Gasteiger partial charge in [0.05, 0.1) is 18.7 Å². The largest absolute Gasteiger partial charge is 0.465 e. The van der Waals surface area contributed by atoms with E-state index in [1.54, 1.807) is 37.3 Å². The SMILES string of the molecule is C=CCOC(=O)c1cc2cc(CP(=O)(NCC(C)C(=O)OCCC)Oc3ccccc3)ccc2s1. The van der Waals surface area contributed by atoms with Gasteiger partial charge in [-0.15, -0.1) is 11.3 Å². The van der Waals surface area contributed by atoms with Crippen molar-refractivity contribution >= 4 is 40.9 Å². The Bertz CT molecular complexity index is 1210. The number of benzene rings is 2. The molecule has 0 aliphatic carbocycles. The fourth-order valence-corrected chi connectivity index (χ4v) is 6.08. The second-order valence-corrected chi connectivity index (χ2v) is 11.3. The third kappa shape index (κ3) is 7.79. The van der Waals surface area contributed by atoms with Crippen LogP contribution in [0.1, 0.15) is 35.5 Å². The van der Waals surface area contributed by atoms with E-state index in [4.69, 9.17) is 14.0 Å². The van der Waals surface area contributed by atoms with Crippen molar-refractivity contribution < 1.29 is 28.2 Å². The summed E-state index contributed by atoms with van der Waals surface area (Å²) in [5, 5.41) is 3.84. The van der Waals surface area contributed by atoms with Crippen molar-refractivity contribution in [2.75, 3.05) is 19.8 Å². The van der Waals surface area contributed by atoms with Gasteiger partial charge < -0.3 is 14.0 Å². The number of hydrogen-bond acceptors (Lipinski definition) is 7. The highest BCUT2D eigenvalue weighted by atomic mass is 32.1. The Labute approximate surface area is 209 Å². The molecule has 9 heteroatoms. The quantitative estimate of drug-likeness (QED) is 0.165. The first-order chi connectivity index (χ1) is 16.8. The van der Waals surface area contributed by atoms with E-state index >= 15 is 0 Å². The first kappa shape index (κ1) is 26.7. The molecule has 3 rings (SSSR count). The van der Waals surface area contributed by atoms with Gasteiger partial charge in [0.1, 0.15) is 17.2 Å². The molecule has 0 fully saturated rings. The Kier molecular flexibility index (Phi) is 9.66. The maximum Gasteiger partial charge on any atom is 0.348 e. The first-order valence-corrected chi connectivity index (χ1v) is 14.0. The summed E-state index contributed by atoms with van der Waals surface area (Å²) >= 11 is 1.33. The predicted octanol–water partition coefficient (Wildman–Crippen LogP) is 6.20. The minimum absolute atomic E-state index is 0.0979. The van der Waals surface area contributed by atoms with Crippen LogP contribution in [-0.4, -0.2) is 31.7 Å². The molecule has 0 bridgehead atoms. The van der Waals surface area contributed by atoms with Crippen molar-refractivity contribution in [3.05, 3.63) is 77.7 Å². The van der Waals surface area contributed by atoms with Gasteiger partial charge in [0.15, 0.2) is 0 Å². The Morgan fingerprint density at radius 3 is 2.63 bits per heavy atom. The Hall–Kier alpha value is -2.93. The van der Waals surface area contributed by atoms with E-state index in [9.17, 15) is 14.2 Å². The van der Waals surface area contributed by atoms with Crippen LogP contribution < -0.4 is 9.61 Å². The summed E-state index contributed by atoms with van der Waals surface area (Å²) in [7, 11) is -3.44. The zero-order chi connectivity index (χ0) is 25.3. The van der Waals surface area contributed by atoms with Crippen molar-refractivity contribution in [3.63, 3.8) is 0 Å². The molecule has 35 heavy (non-hydrogen) atoms. The molecule has 0 spiro atoms. The van der Waals surface area contributed by atoms with E-state index in [1.165, 1.54) is 17.4 Å². The molecule has 1 aromatic heterocycles. The molecule has 1 heterocycles. The van der Waals surface area contributed by atoms with Gasteiger partial charge >= 0.3 is 19.5 Å². The molecular weight excluding hydrogens is 485 g/mol. The minimum atomic E-state index is -3.44. The summed E-state index contributed by atoms with van der Waals surface area (Å²) in [5.41, 5.74) is 0.772. The Balaban J connectivity index is 1.79. The second kappa shape index (κ2) is 12.7. The zero-order valence-corrected chi connectivity index (χ0v) is 21.6. The summed E-state index contributed by atoms with van der Waals surface area (Å²) in [4.78, 5) is 24.8. The standard InChI is InChI=1S/C26H30NO6PS/c1-4-13-31-25(28)19(3)17-27-34(30,33-22-9-7-6-8-10-22)18-20-11-12-23-21(15-20)16-24(35-23)26(29)32-14-5-2/h5-12,15-16,19H,2,4,13-14,17-18H2,1,3H3,(H,27,30). The lowest BCUT2D eigenvalue weighted by Crippen LogP contribution is -2.28. The summed E-state index contributed by atoms with van der Waals surface area (Å²) < 4.78 is 31.1. The molecule has 1 N–H and O–H groups in total. The van der Waals surface area contributed by atoms with Crippen LogP contribution in [0, 0.1) is 5.92 Å². The number of fused-ring (bicyclic) bond motifs is 1. The molecule has 0 aliphatic rings. The van der Waals surface area contributed by atoms with Crippen LogP contribution in [0.2, 0.25) is 0 Å². The minimum Gasteiger partial charge on any atom is -0.465 e. The van der Waals surface area contributed by atoms with E-state index < -0.39 is 19.4 Å². The van der Waals surface area contributed by atoms with E-state index in [-0.39, 0.29) is 25.3 Å². The van der Waals surface area contributed by atoms with E-state index in [0.717, 1.165) is 22.1 Å². The van der Waals surface area contributed by atoms with Crippen LogP contribution in [0.4, 0.5) is 0 Å². The van der Waals surface area contributed by atoms with Crippen molar-refractivity contribution in [2.45, 2.75) is 26.4 Å². The molecule has 7 nitrogen and oxygen atoms in total. The third-order valence-electron chi connectivity index (χ3n) is 4.99. The molecular formula is C26H30NO6PS. The second-order valence-electron chi connectivity index (χ2n) is 8.04. The average molecular weight is 516 g/mol. The number of nitrogens with one attached hydrogen (secondary N) is 1. The summed E-state index contributed by atoms with van der Waals surface area (Å²) in [5.74, 6) is -0.774. The Morgan fingerprint density at radius 1 is 1.14 bits per heavy atom. The number of ether oxygens (including phenoxy) is 2. The Morgan fingerprint density at radius 2 is 1.91 bits per heavy atom. The smallest absolute Gasteiger partial charge is 0.348 e. The number of rotatable bonds is 13. The van der Waals surface area contributed by atoms with E-state index in [0.29, 0.717) is 17.2 Å². The summed E-state index contributed by atoms with van der Waals surface area (Å²) in [6.45, 7) is 7.85. The summed E-state index contributed by atoms with van der Waals surface area (Å²) in [6, 6.07) is 16.3. The predicted molar refractivity (Wildman–Crippen MR) is 139 cm³/mol. The van der Waals surface area contributed by atoms with Crippen LogP contribution >= 0.6 is 18.9 Å². The van der Waals surface area contributed by atoms with Gasteiger partial charge in [-0.1, -0.05) is 50.8 Å². The lowest BCUT2D eigenvalue weighted by molar-refractivity contribution is -0.147. The number of hydrogen-bond donors (Lipinski definition) is 1. The fraction of sp³-hybridized carbons (Fsp3) is 0.308. The van der Waals surface area contributed by atoms with Gasteiger partial charge in [-0.25, -0.2) is 9.88 Å². The highest BCUT2D eigenvalue weighted by molar-refractivity contribution is 7.56. The van der Waals surface area contributed by atoms with Crippen LogP contribution in [0.15, 0.2) is 67.3 Å². The average Bonchev–Trinajstić information content (AvgIpc) is 3.28. The number of para-hydroxylation sites is 1. The molecule has 0 aliphatic heterocycles. The van der Waals surface area contributed by atoms with Gasteiger partial charge in [-0.2, -0.15) is 0 Å². The van der Waals surface area contributed by atoms with Crippen LogP contribution in [-0.2, 0) is 25.0 Å². The maximum atomic E-state index is 13.9. The topological polar surface area (TPSA) is 90.9 Å². The number of thiophene rings is 1. The molecule has 0 saturated carbocycles. The molecule has 0 saturated heterocycles. The van der Waals surface area contributed by atoms with Crippen molar-refractivity contribution in [1.29, 1.82) is 0 Å². The van der Waals surface area contributed by atoms with E-state index in [2.05, 4.69) is 11.7 Å². The van der Waals surface area contributed by atoms with Crippen molar-refractivity contribution in [1.82, 2.24) is 5.09 Å². The fourth-order valence-electron chi connectivity index (χ4n) is 3.21. The number of carbonyl (C=O) groups is 2. The number of carbonyl (C=O) groups excluding carboxylic acids is 2. The van der Waals surface area contributed by atoms with E-state index in [1.807, 2.05) is 31.2 Å². The number of esters is 2. The highest BCUT2D eigenvalue weighted by Crippen LogP contribution is 2.47. The third-order valence-corrected chi connectivity index (χ3v) is 8.04. The van der Waals surface area contributed by atoms with Crippen LogP contribution in [0.3, 0.4) is 0 Å². The first-order valence-electron chi connectivity index (χ1n) is 11.4. The molecule has 0 radical (unpaired) electrons. The molecule has 2 aromatic carbocycles. The molecule has 0 amide bonds. The van der Waals surface area contributed by atoms with Gasteiger partial charge in [-0.05, 0) is 47.7 Å². The van der Waals surface area contributed by atoms with Gasteiger partial charge in [0, 0.05) is 11.2 Å². The lowest BCUT2D eigenvalue weighted by atomic mass is 10.2. The molecule has 186 valence electrons. The van der Waals surface area contributed by atoms with Gasteiger partial charge in [0.25, 0.3) is 0 Å².